The summed E-state index contributed by atoms with van der Waals surface area (Å²) >= 11 is 0. The lowest BCUT2D eigenvalue weighted by Crippen LogP contribution is -2.10. The van der Waals surface area contributed by atoms with E-state index in [1.807, 2.05) is 11.6 Å². The Morgan fingerprint density at radius 1 is 1.28 bits per heavy atom. The molecule has 0 unspecified atom stereocenters. The predicted octanol–water partition coefficient (Wildman–Crippen LogP) is 2.24. The van der Waals surface area contributed by atoms with Crippen molar-refractivity contribution in [3.05, 3.63) is 5.69 Å². The van der Waals surface area contributed by atoms with Crippen LogP contribution in [0, 0.1) is 6.92 Å². The Kier molecular flexibility index (Phi) is 3.36. The van der Waals surface area contributed by atoms with Gasteiger partial charge in [0.15, 0.2) is 11.5 Å². The first-order chi connectivity index (χ1) is 8.62. The monoisotopic (exact) mass is 249 g/mol. The average molecular weight is 249 g/mol. The van der Waals surface area contributed by atoms with E-state index in [4.69, 9.17) is 0 Å². The molecule has 2 aromatic heterocycles. The minimum Gasteiger partial charge on any atom is -0.491 e. The lowest BCUT2D eigenvalue weighted by Gasteiger charge is -2.13. The highest BCUT2D eigenvalue weighted by atomic mass is 16.3. The Morgan fingerprint density at radius 2 is 1.94 bits per heavy atom. The average Bonchev–Trinajstić information content (AvgIpc) is 2.67. The molecule has 0 aliphatic heterocycles. The molecule has 0 amide bonds. The van der Waals surface area contributed by atoms with Gasteiger partial charge in [0, 0.05) is 7.05 Å². The fraction of sp³-hybridized carbons (Fsp3) is 0.583. The summed E-state index contributed by atoms with van der Waals surface area (Å²) in [6.07, 6.45) is 1.98. The SMILES string of the molecule is CCC(CC)n1nc(C)c2nc(O)c(NC)nc21. The molecule has 18 heavy (non-hydrogen) atoms. The Bertz CT molecular complexity index is 559. The summed E-state index contributed by atoms with van der Waals surface area (Å²) in [4.78, 5) is 8.57. The second-order valence-corrected chi connectivity index (χ2v) is 4.32. The van der Waals surface area contributed by atoms with Gasteiger partial charge in [0.2, 0.25) is 0 Å². The molecule has 2 N–H and O–H groups in total. The fourth-order valence-corrected chi connectivity index (χ4v) is 2.13. The summed E-state index contributed by atoms with van der Waals surface area (Å²) in [5, 5.41) is 17.1. The van der Waals surface area contributed by atoms with E-state index in [0.29, 0.717) is 17.4 Å². The van der Waals surface area contributed by atoms with Crippen LogP contribution in [-0.4, -0.2) is 31.9 Å². The number of aryl methyl sites for hydroxylation is 1. The summed E-state index contributed by atoms with van der Waals surface area (Å²) in [6.45, 7) is 6.14. The Hall–Kier alpha value is -1.85. The van der Waals surface area contributed by atoms with E-state index in [1.165, 1.54) is 0 Å². The molecule has 6 nitrogen and oxygen atoms in total. The van der Waals surface area contributed by atoms with Crippen LogP contribution < -0.4 is 5.32 Å². The highest BCUT2D eigenvalue weighted by Gasteiger charge is 2.18. The van der Waals surface area contributed by atoms with Crippen LogP contribution in [-0.2, 0) is 0 Å². The minimum absolute atomic E-state index is 0.0859. The molecule has 2 rings (SSSR count). The number of aromatic nitrogens is 4. The molecule has 0 aliphatic carbocycles. The lowest BCUT2D eigenvalue weighted by atomic mass is 10.2. The molecular weight excluding hydrogens is 230 g/mol. The van der Waals surface area contributed by atoms with Crippen LogP contribution in [0.1, 0.15) is 38.4 Å². The van der Waals surface area contributed by atoms with Crippen LogP contribution in [0.5, 0.6) is 5.88 Å². The van der Waals surface area contributed by atoms with E-state index < -0.39 is 0 Å². The third-order valence-electron chi connectivity index (χ3n) is 3.20. The van der Waals surface area contributed by atoms with Crippen LogP contribution in [0.3, 0.4) is 0 Å². The van der Waals surface area contributed by atoms with Crippen molar-refractivity contribution >= 4 is 17.0 Å². The van der Waals surface area contributed by atoms with Gasteiger partial charge in [-0.05, 0) is 19.8 Å². The number of anilines is 1. The van der Waals surface area contributed by atoms with Gasteiger partial charge in [0.1, 0.15) is 5.52 Å². The van der Waals surface area contributed by atoms with Gasteiger partial charge in [-0.15, -0.1) is 0 Å². The van der Waals surface area contributed by atoms with Gasteiger partial charge in [0.05, 0.1) is 11.7 Å². The van der Waals surface area contributed by atoms with E-state index in [0.717, 1.165) is 24.2 Å². The molecule has 0 bridgehead atoms. The van der Waals surface area contributed by atoms with Crippen molar-refractivity contribution < 1.29 is 5.11 Å². The number of nitrogens with zero attached hydrogens (tertiary/aromatic N) is 4. The zero-order valence-electron chi connectivity index (χ0n) is 11.2. The maximum Gasteiger partial charge on any atom is 0.255 e. The molecule has 0 saturated carbocycles. The van der Waals surface area contributed by atoms with E-state index in [1.54, 1.807) is 7.05 Å². The Labute approximate surface area is 106 Å². The van der Waals surface area contributed by atoms with Crippen LogP contribution in [0.4, 0.5) is 5.82 Å². The molecule has 98 valence electrons. The number of rotatable bonds is 4. The van der Waals surface area contributed by atoms with Crippen molar-refractivity contribution in [2.45, 2.75) is 39.7 Å². The predicted molar refractivity (Wildman–Crippen MR) is 70.9 cm³/mol. The fourth-order valence-electron chi connectivity index (χ4n) is 2.13. The van der Waals surface area contributed by atoms with Crippen LogP contribution in [0.25, 0.3) is 11.2 Å². The molecule has 0 aliphatic rings. The summed E-state index contributed by atoms with van der Waals surface area (Å²) in [7, 11) is 1.71. The molecule has 0 radical (unpaired) electrons. The second-order valence-electron chi connectivity index (χ2n) is 4.32. The summed E-state index contributed by atoms with van der Waals surface area (Å²) in [5.74, 6) is 0.298. The van der Waals surface area contributed by atoms with Crippen LogP contribution >= 0.6 is 0 Å². The standard InChI is InChI=1S/C12H19N5O/c1-5-8(6-2)17-11-9(7(3)16-17)14-12(18)10(13-4)15-11/h8H,5-6H2,1-4H3,(H,13,15)(H,14,18). The third kappa shape index (κ3) is 1.87. The lowest BCUT2D eigenvalue weighted by molar-refractivity contribution is 0.435. The molecule has 0 aromatic carbocycles. The maximum atomic E-state index is 9.72. The Morgan fingerprint density at radius 3 is 2.50 bits per heavy atom. The van der Waals surface area contributed by atoms with Crippen molar-refractivity contribution in [1.29, 1.82) is 0 Å². The number of hydrogen-bond donors (Lipinski definition) is 2. The van der Waals surface area contributed by atoms with E-state index in [9.17, 15) is 5.11 Å². The quantitative estimate of drug-likeness (QED) is 0.869. The van der Waals surface area contributed by atoms with Crippen LogP contribution in [0.2, 0.25) is 0 Å². The molecule has 2 heterocycles. The number of nitrogens with one attached hydrogen (secondary N) is 1. The van der Waals surface area contributed by atoms with Crippen molar-refractivity contribution in [3.8, 4) is 5.88 Å². The number of fused-ring (bicyclic) bond motifs is 1. The van der Waals surface area contributed by atoms with E-state index in [2.05, 4.69) is 34.2 Å². The minimum atomic E-state index is -0.0859. The smallest absolute Gasteiger partial charge is 0.255 e. The number of hydrogen-bond acceptors (Lipinski definition) is 5. The van der Waals surface area contributed by atoms with E-state index in [-0.39, 0.29) is 5.88 Å². The zero-order chi connectivity index (χ0) is 13.3. The molecule has 6 heteroatoms. The van der Waals surface area contributed by atoms with Gasteiger partial charge in [-0.2, -0.15) is 5.10 Å². The highest BCUT2D eigenvalue weighted by Crippen LogP contribution is 2.27. The normalized spacial score (nSPS) is 11.4. The van der Waals surface area contributed by atoms with Gasteiger partial charge < -0.3 is 10.4 Å². The Balaban J connectivity index is 2.68. The maximum absolute atomic E-state index is 9.72. The third-order valence-corrected chi connectivity index (χ3v) is 3.20. The molecule has 0 fully saturated rings. The number of aromatic hydroxyl groups is 1. The first kappa shape index (κ1) is 12.6. The molecule has 2 aromatic rings. The first-order valence-corrected chi connectivity index (χ1v) is 6.25. The highest BCUT2D eigenvalue weighted by molar-refractivity contribution is 5.76. The molecular formula is C12H19N5O. The van der Waals surface area contributed by atoms with Gasteiger partial charge in [-0.3, -0.25) is 0 Å². The topological polar surface area (TPSA) is 75.9 Å². The van der Waals surface area contributed by atoms with Crippen molar-refractivity contribution in [2.75, 3.05) is 12.4 Å². The second kappa shape index (κ2) is 4.80. The van der Waals surface area contributed by atoms with Gasteiger partial charge >= 0.3 is 0 Å². The van der Waals surface area contributed by atoms with Crippen molar-refractivity contribution in [1.82, 2.24) is 19.7 Å². The van der Waals surface area contributed by atoms with Gasteiger partial charge in [0.25, 0.3) is 5.88 Å². The largest absolute Gasteiger partial charge is 0.491 e. The summed E-state index contributed by atoms with van der Waals surface area (Å²) in [6, 6.07) is 0.310. The van der Waals surface area contributed by atoms with Crippen molar-refractivity contribution in [2.24, 2.45) is 0 Å². The zero-order valence-corrected chi connectivity index (χ0v) is 11.2. The molecule has 0 atom stereocenters. The summed E-state index contributed by atoms with van der Waals surface area (Å²) in [5.41, 5.74) is 2.18. The molecule has 0 saturated heterocycles. The van der Waals surface area contributed by atoms with Crippen molar-refractivity contribution in [3.63, 3.8) is 0 Å². The van der Waals surface area contributed by atoms with Gasteiger partial charge in [-0.25, -0.2) is 14.6 Å². The summed E-state index contributed by atoms with van der Waals surface area (Å²) < 4.78 is 1.91. The molecule has 0 spiro atoms. The van der Waals surface area contributed by atoms with E-state index >= 15 is 0 Å². The van der Waals surface area contributed by atoms with Gasteiger partial charge in [-0.1, -0.05) is 13.8 Å². The van der Waals surface area contributed by atoms with Crippen LogP contribution in [0.15, 0.2) is 0 Å². The first-order valence-electron chi connectivity index (χ1n) is 6.25.